The summed E-state index contributed by atoms with van der Waals surface area (Å²) in [7, 11) is 0. The van der Waals surface area contributed by atoms with Gasteiger partial charge in [0.05, 0.1) is 0 Å². The summed E-state index contributed by atoms with van der Waals surface area (Å²) >= 11 is 0. The number of nitrogens with one attached hydrogen (secondary N) is 1. The summed E-state index contributed by atoms with van der Waals surface area (Å²) in [5.41, 5.74) is 3.78. The van der Waals surface area contributed by atoms with Crippen molar-refractivity contribution >= 4 is 16.8 Å². The zero-order valence-corrected chi connectivity index (χ0v) is 11.4. The molecule has 2 heterocycles. The fourth-order valence-corrected chi connectivity index (χ4v) is 2.85. The van der Waals surface area contributed by atoms with Crippen molar-refractivity contribution in [1.29, 1.82) is 0 Å². The van der Waals surface area contributed by atoms with E-state index in [1.807, 2.05) is 4.90 Å². The zero-order chi connectivity index (χ0) is 13.2. The monoisotopic (exact) mass is 256 g/mol. The van der Waals surface area contributed by atoms with E-state index in [0.717, 1.165) is 38.8 Å². The van der Waals surface area contributed by atoms with Crippen LogP contribution in [0.4, 0.5) is 0 Å². The number of likely N-dealkylation sites (tertiary alicyclic amines) is 1. The molecule has 0 saturated carbocycles. The van der Waals surface area contributed by atoms with Crippen LogP contribution in [-0.2, 0) is 11.2 Å². The number of fused-ring (bicyclic) bond motifs is 1. The van der Waals surface area contributed by atoms with Crippen LogP contribution in [0.25, 0.3) is 10.9 Å². The number of benzene rings is 1. The second-order valence-corrected chi connectivity index (χ2v) is 5.45. The van der Waals surface area contributed by atoms with E-state index in [1.54, 1.807) is 0 Å². The van der Waals surface area contributed by atoms with Crippen LogP contribution in [0, 0.1) is 6.92 Å². The van der Waals surface area contributed by atoms with Crippen LogP contribution < -0.4 is 0 Å². The maximum Gasteiger partial charge on any atom is 0.222 e. The van der Waals surface area contributed by atoms with Gasteiger partial charge in [0, 0.05) is 36.6 Å². The van der Waals surface area contributed by atoms with E-state index < -0.39 is 0 Å². The normalized spacial score (nSPS) is 16.3. The predicted molar refractivity (Wildman–Crippen MR) is 77.2 cm³/mol. The summed E-state index contributed by atoms with van der Waals surface area (Å²) in [4.78, 5) is 17.1. The van der Waals surface area contributed by atoms with Crippen LogP contribution in [0.5, 0.6) is 0 Å². The first-order chi connectivity index (χ1) is 9.24. The smallest absolute Gasteiger partial charge is 0.222 e. The van der Waals surface area contributed by atoms with Crippen LogP contribution in [0.2, 0.25) is 0 Å². The molecule has 1 aliphatic heterocycles. The maximum atomic E-state index is 11.8. The van der Waals surface area contributed by atoms with E-state index in [4.69, 9.17) is 0 Å². The third kappa shape index (κ3) is 2.50. The molecule has 3 heteroatoms. The number of piperidine rings is 1. The number of hydrogen-bond donors (Lipinski definition) is 1. The molecule has 0 bridgehead atoms. The minimum absolute atomic E-state index is 0.322. The number of aryl methyl sites for hydroxylation is 1. The van der Waals surface area contributed by atoms with Gasteiger partial charge in [0.15, 0.2) is 0 Å². The number of aromatic amines is 1. The summed E-state index contributed by atoms with van der Waals surface area (Å²) in [6.45, 7) is 3.89. The molecular weight excluding hydrogens is 236 g/mol. The van der Waals surface area contributed by atoms with Gasteiger partial charge in [-0.1, -0.05) is 11.6 Å². The van der Waals surface area contributed by atoms with E-state index >= 15 is 0 Å². The highest BCUT2D eigenvalue weighted by molar-refractivity contribution is 5.84. The molecule has 0 atom stereocenters. The van der Waals surface area contributed by atoms with E-state index in [9.17, 15) is 4.79 Å². The quantitative estimate of drug-likeness (QED) is 0.900. The molecule has 1 fully saturated rings. The molecular formula is C16H20N2O. The van der Waals surface area contributed by atoms with Crippen LogP contribution >= 0.6 is 0 Å². The molecule has 0 radical (unpaired) electrons. The topological polar surface area (TPSA) is 36.1 Å². The lowest BCUT2D eigenvalue weighted by molar-refractivity contribution is -0.133. The SMILES string of the molecule is Cc1ccc2[nH]cc(CCN3CCCCC3=O)c2c1. The van der Waals surface area contributed by atoms with Crippen LogP contribution in [0.1, 0.15) is 30.4 Å². The summed E-state index contributed by atoms with van der Waals surface area (Å²) in [6.07, 6.45) is 5.96. The van der Waals surface area contributed by atoms with Gasteiger partial charge in [0.25, 0.3) is 0 Å². The molecule has 3 nitrogen and oxygen atoms in total. The molecule has 1 amide bonds. The largest absolute Gasteiger partial charge is 0.361 e. The van der Waals surface area contributed by atoms with Crippen LogP contribution in [0.15, 0.2) is 24.4 Å². The Hall–Kier alpha value is -1.77. The maximum absolute atomic E-state index is 11.8. The molecule has 3 rings (SSSR count). The molecule has 1 aliphatic rings. The number of nitrogens with zero attached hydrogens (tertiary/aromatic N) is 1. The Labute approximate surface area is 113 Å². The van der Waals surface area contributed by atoms with E-state index in [-0.39, 0.29) is 0 Å². The Morgan fingerprint density at radius 2 is 2.21 bits per heavy atom. The third-order valence-electron chi connectivity index (χ3n) is 4.00. The van der Waals surface area contributed by atoms with Gasteiger partial charge in [-0.05, 0) is 43.9 Å². The molecule has 1 aromatic heterocycles. The van der Waals surface area contributed by atoms with E-state index in [0.29, 0.717) is 5.91 Å². The van der Waals surface area contributed by atoms with Gasteiger partial charge in [-0.3, -0.25) is 4.79 Å². The second-order valence-electron chi connectivity index (χ2n) is 5.45. The van der Waals surface area contributed by atoms with Crippen LogP contribution in [0.3, 0.4) is 0 Å². The molecule has 0 unspecified atom stereocenters. The van der Waals surface area contributed by atoms with Gasteiger partial charge < -0.3 is 9.88 Å². The van der Waals surface area contributed by atoms with Gasteiger partial charge >= 0.3 is 0 Å². The first-order valence-corrected chi connectivity index (χ1v) is 7.08. The highest BCUT2D eigenvalue weighted by Crippen LogP contribution is 2.21. The molecule has 19 heavy (non-hydrogen) atoms. The first kappa shape index (κ1) is 12.3. The summed E-state index contributed by atoms with van der Waals surface area (Å²) < 4.78 is 0. The number of rotatable bonds is 3. The van der Waals surface area contributed by atoms with Gasteiger partial charge in [-0.15, -0.1) is 0 Å². The van der Waals surface area contributed by atoms with Gasteiger partial charge in [0.2, 0.25) is 5.91 Å². The fourth-order valence-electron chi connectivity index (χ4n) is 2.85. The van der Waals surface area contributed by atoms with Crippen molar-refractivity contribution in [2.45, 2.75) is 32.6 Å². The number of H-pyrrole nitrogens is 1. The summed E-state index contributed by atoms with van der Waals surface area (Å²) in [6, 6.07) is 6.47. The fraction of sp³-hybridized carbons (Fsp3) is 0.438. The van der Waals surface area contributed by atoms with Gasteiger partial charge in [-0.25, -0.2) is 0 Å². The standard InChI is InChI=1S/C16H20N2O/c1-12-5-6-15-14(10-12)13(11-17-15)7-9-18-8-3-2-4-16(18)19/h5-6,10-11,17H,2-4,7-9H2,1H3. The summed E-state index contributed by atoms with van der Waals surface area (Å²) in [5, 5.41) is 1.30. The Morgan fingerprint density at radius 3 is 3.05 bits per heavy atom. The Kier molecular flexibility index (Phi) is 3.28. The Balaban J connectivity index is 1.74. The lowest BCUT2D eigenvalue weighted by Gasteiger charge is -2.26. The van der Waals surface area contributed by atoms with Crippen molar-refractivity contribution in [3.8, 4) is 0 Å². The van der Waals surface area contributed by atoms with Crippen molar-refractivity contribution in [3.05, 3.63) is 35.5 Å². The van der Waals surface area contributed by atoms with Crippen molar-refractivity contribution in [3.63, 3.8) is 0 Å². The van der Waals surface area contributed by atoms with E-state index in [2.05, 4.69) is 36.3 Å². The van der Waals surface area contributed by atoms with Crippen LogP contribution in [-0.4, -0.2) is 28.9 Å². The number of hydrogen-bond acceptors (Lipinski definition) is 1. The lowest BCUT2D eigenvalue weighted by atomic mass is 10.1. The minimum atomic E-state index is 0.322. The molecule has 2 aromatic rings. The zero-order valence-electron chi connectivity index (χ0n) is 11.4. The minimum Gasteiger partial charge on any atom is -0.361 e. The molecule has 100 valence electrons. The van der Waals surface area contributed by atoms with Crippen molar-refractivity contribution < 1.29 is 4.79 Å². The lowest BCUT2D eigenvalue weighted by Crippen LogP contribution is -2.36. The van der Waals surface area contributed by atoms with Gasteiger partial charge in [-0.2, -0.15) is 0 Å². The number of carbonyl (C=O) groups is 1. The molecule has 0 spiro atoms. The Morgan fingerprint density at radius 1 is 1.32 bits per heavy atom. The molecule has 1 N–H and O–H groups in total. The number of aromatic nitrogens is 1. The molecule has 1 saturated heterocycles. The van der Waals surface area contributed by atoms with Crippen molar-refractivity contribution in [2.75, 3.05) is 13.1 Å². The summed E-state index contributed by atoms with van der Waals surface area (Å²) in [5.74, 6) is 0.322. The first-order valence-electron chi connectivity index (χ1n) is 7.08. The highest BCUT2D eigenvalue weighted by Gasteiger charge is 2.17. The van der Waals surface area contributed by atoms with Crippen molar-refractivity contribution in [2.24, 2.45) is 0 Å². The van der Waals surface area contributed by atoms with Gasteiger partial charge in [0.1, 0.15) is 0 Å². The number of carbonyl (C=O) groups excluding carboxylic acids is 1. The predicted octanol–water partition coefficient (Wildman–Crippen LogP) is 3.03. The van der Waals surface area contributed by atoms with E-state index in [1.165, 1.54) is 22.0 Å². The molecule has 1 aromatic carbocycles. The number of amides is 1. The average Bonchev–Trinajstić information content (AvgIpc) is 2.80. The molecule has 0 aliphatic carbocycles. The highest BCUT2D eigenvalue weighted by atomic mass is 16.2. The van der Waals surface area contributed by atoms with Crippen molar-refractivity contribution in [1.82, 2.24) is 9.88 Å². The Bertz CT molecular complexity index is 600. The third-order valence-corrected chi connectivity index (χ3v) is 4.00. The second kappa shape index (κ2) is 5.08. The average molecular weight is 256 g/mol.